The van der Waals surface area contributed by atoms with Crippen molar-refractivity contribution in [3.63, 3.8) is 0 Å². The number of piperidine rings is 2. The third-order valence-corrected chi connectivity index (χ3v) is 21.8. The molecule has 4 bridgehead atoms. The number of amides is 1. The van der Waals surface area contributed by atoms with E-state index >= 15 is 0 Å². The highest BCUT2D eigenvalue weighted by molar-refractivity contribution is 5.83. The third kappa shape index (κ3) is 7.65. The molecule has 14 atom stereocenters. The molecule has 4 aromatic carbocycles. The quantitative estimate of drug-likeness (QED) is 0.104. The van der Waals surface area contributed by atoms with Crippen LogP contribution in [0.3, 0.4) is 0 Å². The zero-order chi connectivity index (χ0) is 54.9. The molecule has 4 heterocycles. The standard InChI is InChI=1S/C31H36N2O6.C21H28N2O4.C10H10O3/c1-32(28(36)21-15-20(21)17-2-5-19(34)6-3-17)22-8-9-31(38)24-14-18-4-7-23(35)26-25(18)30(31,27(22)39-26)12-13-33(24)16-29(37)10-11-29;1-22-13-4-5-21(26)15-10-12-2-3-14(24)17-16(12)20(21,18(13)27-17)8-9-23(15)11-19(25)6-7-19;11-7-3-1-6(2-4-7)8-5-9(8)10(12)13/h2-7,20-22,24,27,34-35,37-38H,8-16H2,1H3;2-3,13,15,18,22,24-26H,4-11H2,1H3;1-4,8-9,11H,5H2,(H,12,13)/t20?,21?,22-,24?,27-,30-,31+;13-,15?,18-,20-,21+;/m00./s1. The maximum atomic E-state index is 13.8. The molecule has 17 nitrogen and oxygen atoms in total. The monoisotopic (exact) mass is 1080 g/mol. The van der Waals surface area contributed by atoms with Crippen LogP contribution in [0.4, 0.5) is 0 Å². The lowest BCUT2D eigenvalue weighted by Crippen LogP contribution is -2.78. The Morgan fingerprint density at radius 1 is 0.608 bits per heavy atom. The van der Waals surface area contributed by atoms with Crippen molar-refractivity contribution in [2.24, 2.45) is 11.8 Å². The van der Waals surface area contributed by atoms with Gasteiger partial charge in [0.05, 0.1) is 45.2 Å². The van der Waals surface area contributed by atoms with Gasteiger partial charge in [0, 0.05) is 55.3 Å². The Balaban J connectivity index is 0.000000121. The third-order valence-electron chi connectivity index (χ3n) is 21.8. The number of hydrogen-bond acceptors (Lipinski definition) is 15. The van der Waals surface area contributed by atoms with Crippen molar-refractivity contribution >= 4 is 11.9 Å². The Labute approximate surface area is 459 Å². The van der Waals surface area contributed by atoms with Gasteiger partial charge in [0.2, 0.25) is 5.91 Å². The molecule has 16 rings (SSSR count). The number of nitrogens with zero attached hydrogens (tertiary/aromatic N) is 3. The van der Waals surface area contributed by atoms with Crippen LogP contribution in [-0.4, -0.2) is 172 Å². The van der Waals surface area contributed by atoms with Crippen molar-refractivity contribution in [1.29, 1.82) is 0 Å². The fourth-order valence-electron chi connectivity index (χ4n) is 17.2. The van der Waals surface area contributed by atoms with E-state index in [1.54, 1.807) is 48.5 Å². The van der Waals surface area contributed by atoms with E-state index in [0.717, 1.165) is 98.7 Å². The Kier molecular flexibility index (Phi) is 11.5. The van der Waals surface area contributed by atoms with Crippen LogP contribution in [0, 0.1) is 11.8 Å². The minimum atomic E-state index is -1.07. The smallest absolute Gasteiger partial charge is 0.307 e. The van der Waals surface area contributed by atoms with Crippen LogP contribution in [0.2, 0.25) is 0 Å². The van der Waals surface area contributed by atoms with Gasteiger partial charge in [-0.2, -0.15) is 0 Å². The number of aliphatic hydroxyl groups is 4. The van der Waals surface area contributed by atoms with Gasteiger partial charge < -0.3 is 65.6 Å². The number of nitrogens with one attached hydrogen (secondary N) is 1. The number of ether oxygens (including phenoxy) is 2. The van der Waals surface area contributed by atoms with Crippen LogP contribution in [-0.2, 0) is 33.3 Å². The number of phenolic OH excluding ortho intramolecular Hbond substituents is 4. The maximum Gasteiger partial charge on any atom is 0.307 e. The zero-order valence-electron chi connectivity index (χ0n) is 44.9. The molecular weight excluding hydrogens is 1010 g/mol. The molecule has 6 unspecified atom stereocenters. The Hall–Kier alpha value is -5.66. The Morgan fingerprint density at radius 2 is 1.06 bits per heavy atom. The van der Waals surface area contributed by atoms with Crippen molar-refractivity contribution < 1.29 is 65.0 Å². The molecular formula is C62H74N4O13. The summed E-state index contributed by atoms with van der Waals surface area (Å²) in [6.45, 7) is 2.81. The summed E-state index contributed by atoms with van der Waals surface area (Å²) in [7, 11) is 3.82. The number of carbonyl (C=O) groups is 2. The van der Waals surface area contributed by atoms with E-state index in [9.17, 15) is 45.3 Å². The minimum Gasteiger partial charge on any atom is -0.508 e. The number of hydrogen-bond donors (Lipinski definition) is 10. The molecule has 4 aromatic rings. The van der Waals surface area contributed by atoms with E-state index in [1.165, 1.54) is 5.56 Å². The van der Waals surface area contributed by atoms with Crippen LogP contribution in [0.5, 0.6) is 34.5 Å². The molecule has 420 valence electrons. The minimum absolute atomic E-state index is 0.0113. The van der Waals surface area contributed by atoms with Crippen molar-refractivity contribution in [2.45, 2.75) is 171 Å². The van der Waals surface area contributed by atoms with Gasteiger partial charge in [0.25, 0.3) is 0 Å². The predicted octanol–water partition coefficient (Wildman–Crippen LogP) is 4.65. The predicted molar refractivity (Wildman–Crippen MR) is 287 cm³/mol. The number of phenols is 4. The van der Waals surface area contributed by atoms with E-state index in [2.05, 4.69) is 15.1 Å². The number of β-amino-alcohol motifs (C(OH)–C–C–N with tert-alkyl or cyclic N) is 2. The topological polar surface area (TPSA) is 256 Å². The van der Waals surface area contributed by atoms with Crippen molar-refractivity contribution in [3.05, 3.63) is 106 Å². The first-order valence-corrected chi connectivity index (χ1v) is 28.9. The Morgan fingerprint density at radius 3 is 1.53 bits per heavy atom. The molecule has 4 aliphatic heterocycles. The lowest BCUT2D eigenvalue weighted by Gasteiger charge is -2.64. The highest BCUT2D eigenvalue weighted by atomic mass is 16.5. The highest BCUT2D eigenvalue weighted by Gasteiger charge is 2.75. The highest BCUT2D eigenvalue weighted by Crippen LogP contribution is 2.68. The average molecular weight is 1080 g/mol. The number of carbonyl (C=O) groups excluding carboxylic acids is 1. The molecule has 8 aliphatic carbocycles. The molecule has 2 spiro atoms. The number of rotatable bonds is 10. The fourth-order valence-corrected chi connectivity index (χ4v) is 17.2. The van der Waals surface area contributed by atoms with E-state index < -0.39 is 45.3 Å². The number of aromatic hydroxyl groups is 4. The van der Waals surface area contributed by atoms with E-state index in [4.69, 9.17) is 19.7 Å². The number of likely N-dealkylation sites (N-methyl/N-ethyl adjacent to an activating group) is 2. The SMILES string of the molecule is CN(C(=O)C1CC1c1ccc(O)cc1)[C@H]1CC[C@@]2(O)C3Cc4ccc(O)c5c4[C@@]2(CCN3CC2(O)CC2)[C@H]1O5.CN[C@H]1CC[C@@]2(O)C3Cc4ccc(O)c5c4[C@@]2(CCN3CC2(O)CC2)[C@H]1O5.O=C(O)C1CC1c1ccc(O)cc1. The Bertz CT molecular complexity index is 3130. The molecule has 2 saturated heterocycles. The lowest BCUT2D eigenvalue weighted by atomic mass is 9.48. The van der Waals surface area contributed by atoms with Crippen molar-refractivity contribution in [3.8, 4) is 34.5 Å². The first-order chi connectivity index (χ1) is 37.7. The molecule has 79 heavy (non-hydrogen) atoms. The summed E-state index contributed by atoms with van der Waals surface area (Å²) in [5.74, 6) is 1.12. The second-order valence-corrected chi connectivity index (χ2v) is 26.0. The maximum absolute atomic E-state index is 13.8. The van der Waals surface area contributed by atoms with Crippen LogP contribution in [0.25, 0.3) is 0 Å². The summed E-state index contributed by atoms with van der Waals surface area (Å²) in [5.41, 5.74) is 1.99. The van der Waals surface area contributed by atoms with Gasteiger partial charge in [0.15, 0.2) is 23.0 Å². The van der Waals surface area contributed by atoms with Gasteiger partial charge in [-0.05, 0) is 181 Å². The molecule has 12 aliphatic rings. The van der Waals surface area contributed by atoms with E-state index in [0.29, 0.717) is 56.7 Å². The molecule has 0 aromatic heterocycles. The zero-order valence-corrected chi connectivity index (χ0v) is 44.9. The molecule has 17 heteroatoms. The van der Waals surface area contributed by atoms with Gasteiger partial charge in [-0.1, -0.05) is 36.4 Å². The molecule has 0 radical (unpaired) electrons. The number of benzene rings is 4. The van der Waals surface area contributed by atoms with E-state index in [-0.39, 0.29) is 82.8 Å². The van der Waals surface area contributed by atoms with Crippen LogP contribution in [0.1, 0.15) is 122 Å². The van der Waals surface area contributed by atoms with Crippen LogP contribution >= 0.6 is 0 Å². The molecule has 8 fully saturated rings. The van der Waals surface area contributed by atoms with Crippen LogP contribution < -0.4 is 14.8 Å². The number of carboxylic acid groups (broad SMARTS) is 1. The molecule has 10 N–H and O–H groups in total. The molecule has 6 saturated carbocycles. The summed E-state index contributed by atoms with van der Waals surface area (Å²) >= 11 is 0. The number of carboxylic acids is 1. The van der Waals surface area contributed by atoms with Crippen LogP contribution in [0.15, 0.2) is 72.8 Å². The van der Waals surface area contributed by atoms with Gasteiger partial charge in [-0.3, -0.25) is 19.4 Å². The normalized spacial score (nSPS) is 37.9. The molecule has 1 amide bonds. The van der Waals surface area contributed by atoms with Crippen molar-refractivity contribution in [1.82, 2.24) is 20.0 Å². The number of aliphatic carboxylic acids is 1. The van der Waals surface area contributed by atoms with Gasteiger partial charge in [-0.15, -0.1) is 0 Å². The second-order valence-electron chi connectivity index (χ2n) is 26.0. The summed E-state index contributed by atoms with van der Waals surface area (Å²) in [6, 6.07) is 21.0. The summed E-state index contributed by atoms with van der Waals surface area (Å²) in [6.07, 6.45) is 9.79. The summed E-state index contributed by atoms with van der Waals surface area (Å²) in [5, 5.41) is 98.3. The van der Waals surface area contributed by atoms with Crippen molar-refractivity contribution in [2.75, 3.05) is 40.3 Å². The van der Waals surface area contributed by atoms with E-state index in [1.807, 2.05) is 43.3 Å². The number of likely N-dealkylation sites (tertiary alicyclic amines) is 2. The summed E-state index contributed by atoms with van der Waals surface area (Å²) < 4.78 is 13.0. The largest absolute Gasteiger partial charge is 0.508 e. The average Bonchev–Trinajstić information content (AvgIpc) is 2.43. The summed E-state index contributed by atoms with van der Waals surface area (Å²) in [4.78, 5) is 30.8. The fraction of sp³-hybridized carbons (Fsp3) is 0.581. The van der Waals surface area contributed by atoms with Gasteiger partial charge >= 0.3 is 5.97 Å². The first kappa shape index (κ1) is 51.5. The van der Waals surface area contributed by atoms with Gasteiger partial charge in [0.1, 0.15) is 23.7 Å². The lowest BCUT2D eigenvalue weighted by molar-refractivity contribution is -0.203. The van der Waals surface area contributed by atoms with Gasteiger partial charge in [-0.25, -0.2) is 0 Å². The first-order valence-electron chi connectivity index (χ1n) is 28.9. The second kappa shape index (κ2) is 17.7.